The first-order chi connectivity index (χ1) is 2.91. The molecule has 35 valence electrons. The third-order valence-corrected chi connectivity index (χ3v) is 0.407. The zero-order chi connectivity index (χ0) is 4.83. The van der Waals surface area contributed by atoms with Gasteiger partial charge < -0.3 is 16.6 Å². The monoisotopic (exact) mass is 86.1 g/mol. The molecule has 0 bridgehead atoms. The Bertz CT molecular complexity index is 20.8. The van der Waals surface area contributed by atoms with Crippen molar-refractivity contribution >= 4 is 7.55 Å². The average Bonchev–Trinajstić information content (AvgIpc) is 1.61. The Kier molecular flexibility index (Phi) is 4.90. The summed E-state index contributed by atoms with van der Waals surface area (Å²) in [7, 11) is 1.38. The van der Waals surface area contributed by atoms with Crippen molar-refractivity contribution < 1.29 is 0 Å². The van der Waals surface area contributed by atoms with E-state index in [9.17, 15) is 0 Å². The third kappa shape index (κ3) is 3.94. The first kappa shape index (κ1) is 5.94. The van der Waals surface area contributed by atoms with E-state index in [1.165, 1.54) is 7.55 Å². The Hall–Kier alpha value is -0.0551. The summed E-state index contributed by atoms with van der Waals surface area (Å²) in [6.07, 6.45) is 0. The second kappa shape index (κ2) is 4.94. The minimum absolute atomic E-state index is 0.633. The molecule has 0 spiro atoms. The van der Waals surface area contributed by atoms with Gasteiger partial charge in [0.05, 0.1) is 0 Å². The van der Waals surface area contributed by atoms with Gasteiger partial charge >= 0.3 is 7.55 Å². The van der Waals surface area contributed by atoms with Crippen LogP contribution < -0.4 is 16.6 Å². The lowest BCUT2D eigenvalue weighted by Gasteiger charge is -1.90. The molecule has 0 aliphatic rings. The van der Waals surface area contributed by atoms with Gasteiger partial charge in [-0.05, 0) is 6.54 Å². The molecule has 5 N–H and O–H groups in total. The van der Waals surface area contributed by atoms with Crippen LogP contribution in [0.3, 0.4) is 0 Å². The minimum Gasteiger partial charge on any atom is -0.360 e. The molecular formula is C2H9BN3. The van der Waals surface area contributed by atoms with Crippen LogP contribution in [0.5, 0.6) is 0 Å². The Morgan fingerprint density at radius 2 is 2.33 bits per heavy atom. The Morgan fingerprint density at radius 1 is 1.67 bits per heavy atom. The summed E-state index contributed by atoms with van der Waals surface area (Å²) < 4.78 is 0. The van der Waals surface area contributed by atoms with Crippen LogP contribution in [-0.4, -0.2) is 20.6 Å². The molecule has 0 aliphatic heterocycles. The maximum Gasteiger partial charge on any atom is 0.304 e. The molecule has 4 heteroatoms. The predicted octanol–water partition coefficient (Wildman–Crippen LogP) is -1.97. The first-order valence-electron chi connectivity index (χ1n) is 1.88. The Morgan fingerprint density at radius 3 is 2.50 bits per heavy atom. The zero-order valence-corrected chi connectivity index (χ0v) is 3.65. The van der Waals surface area contributed by atoms with E-state index in [1.807, 2.05) is 0 Å². The fraction of sp³-hybridized carbons (Fsp3) is 1.00. The van der Waals surface area contributed by atoms with Crippen molar-refractivity contribution in [3.05, 3.63) is 0 Å². The number of nitrogens with one attached hydrogen (secondary N) is 1. The number of nitrogens with two attached hydrogens (primary N) is 2. The van der Waals surface area contributed by atoms with Crippen molar-refractivity contribution in [3.63, 3.8) is 0 Å². The molecule has 0 amide bonds. The molecule has 3 nitrogen and oxygen atoms in total. The fourth-order valence-electron chi connectivity index (χ4n) is 0.167. The van der Waals surface area contributed by atoms with E-state index >= 15 is 0 Å². The summed E-state index contributed by atoms with van der Waals surface area (Å²) in [6, 6.07) is 0. The summed E-state index contributed by atoms with van der Waals surface area (Å²) in [4.78, 5) is 0. The van der Waals surface area contributed by atoms with E-state index < -0.39 is 0 Å². The van der Waals surface area contributed by atoms with Gasteiger partial charge in [-0.25, -0.2) is 0 Å². The summed E-state index contributed by atoms with van der Waals surface area (Å²) in [5.41, 5.74) is 10.00. The van der Waals surface area contributed by atoms with Gasteiger partial charge in [-0.1, -0.05) is 0 Å². The topological polar surface area (TPSA) is 64.1 Å². The minimum atomic E-state index is 0.633. The molecule has 1 radical (unpaired) electrons. The van der Waals surface area contributed by atoms with E-state index in [0.717, 1.165) is 6.54 Å². The van der Waals surface area contributed by atoms with Crippen LogP contribution >= 0.6 is 0 Å². The molecule has 0 aromatic carbocycles. The van der Waals surface area contributed by atoms with Gasteiger partial charge in [-0.2, -0.15) is 0 Å². The summed E-state index contributed by atoms with van der Waals surface area (Å²) in [6.45, 7) is 1.39. The molecule has 0 saturated carbocycles. The number of hydrogen-bond donors (Lipinski definition) is 3. The van der Waals surface area contributed by atoms with Gasteiger partial charge in [0.15, 0.2) is 0 Å². The highest BCUT2D eigenvalue weighted by Crippen LogP contribution is 1.39. The lowest BCUT2D eigenvalue weighted by molar-refractivity contribution is 0.897. The largest absolute Gasteiger partial charge is 0.360 e. The van der Waals surface area contributed by atoms with Crippen molar-refractivity contribution in [1.29, 1.82) is 0 Å². The van der Waals surface area contributed by atoms with Crippen LogP contribution in [0.15, 0.2) is 0 Å². The third-order valence-electron chi connectivity index (χ3n) is 0.407. The molecular weight excluding hydrogens is 76.9 g/mol. The second-order valence-corrected chi connectivity index (χ2v) is 0.909. The predicted molar refractivity (Wildman–Crippen MR) is 27.0 cm³/mol. The molecule has 0 unspecified atom stereocenters. The van der Waals surface area contributed by atoms with Crippen LogP contribution in [-0.2, 0) is 0 Å². The van der Waals surface area contributed by atoms with Gasteiger partial charge in [0.2, 0.25) is 0 Å². The summed E-state index contributed by atoms with van der Waals surface area (Å²) in [5.74, 6) is 0. The van der Waals surface area contributed by atoms with Crippen molar-refractivity contribution in [2.75, 3.05) is 13.1 Å². The highest BCUT2D eigenvalue weighted by molar-refractivity contribution is 6.27. The molecule has 0 atom stereocenters. The quantitative estimate of drug-likeness (QED) is 0.275. The van der Waals surface area contributed by atoms with Crippen molar-refractivity contribution in [2.24, 2.45) is 11.4 Å². The maximum atomic E-state index is 5.08. The van der Waals surface area contributed by atoms with E-state index in [0.29, 0.717) is 6.54 Å². The number of hydrogen-bond acceptors (Lipinski definition) is 3. The molecule has 0 fully saturated rings. The van der Waals surface area contributed by atoms with Crippen molar-refractivity contribution in [1.82, 2.24) is 5.23 Å². The van der Waals surface area contributed by atoms with Crippen LogP contribution in [0, 0.1) is 0 Å². The molecule has 0 saturated heterocycles. The number of rotatable bonds is 3. The SMILES string of the molecule is N[B]NCCN. The molecule has 0 aliphatic carbocycles. The molecule has 0 heterocycles. The average molecular weight is 85.9 g/mol. The van der Waals surface area contributed by atoms with Crippen molar-refractivity contribution in [2.45, 2.75) is 0 Å². The van der Waals surface area contributed by atoms with E-state index in [2.05, 4.69) is 5.23 Å². The van der Waals surface area contributed by atoms with Crippen molar-refractivity contribution in [3.8, 4) is 0 Å². The second-order valence-electron chi connectivity index (χ2n) is 0.909. The van der Waals surface area contributed by atoms with Gasteiger partial charge in [-0.15, -0.1) is 0 Å². The fourth-order valence-corrected chi connectivity index (χ4v) is 0.167. The van der Waals surface area contributed by atoms with Gasteiger partial charge in [-0.3, -0.25) is 0 Å². The normalized spacial score (nSPS) is 8.33. The van der Waals surface area contributed by atoms with Crippen LogP contribution in [0.2, 0.25) is 0 Å². The Labute approximate surface area is 38.4 Å². The first-order valence-corrected chi connectivity index (χ1v) is 1.88. The smallest absolute Gasteiger partial charge is 0.304 e. The van der Waals surface area contributed by atoms with Crippen LogP contribution in [0.1, 0.15) is 0 Å². The molecule has 0 aromatic rings. The molecule has 0 rings (SSSR count). The Balaban J connectivity index is 2.34. The van der Waals surface area contributed by atoms with E-state index in [4.69, 9.17) is 11.4 Å². The van der Waals surface area contributed by atoms with Gasteiger partial charge in [0.25, 0.3) is 0 Å². The maximum absolute atomic E-state index is 5.08. The lowest BCUT2D eigenvalue weighted by Crippen LogP contribution is -2.31. The zero-order valence-electron chi connectivity index (χ0n) is 3.65. The van der Waals surface area contributed by atoms with E-state index in [-0.39, 0.29) is 0 Å². The molecule has 0 aromatic heterocycles. The standard InChI is InChI=1S/C2H9BN3/c4-1-2-6-3-5/h6H,1-2,4-5H2. The van der Waals surface area contributed by atoms with Gasteiger partial charge in [0, 0.05) is 6.54 Å². The van der Waals surface area contributed by atoms with Crippen LogP contribution in [0.4, 0.5) is 0 Å². The highest BCUT2D eigenvalue weighted by atomic mass is 14.8. The summed E-state index contributed by atoms with van der Waals surface area (Å²) >= 11 is 0. The highest BCUT2D eigenvalue weighted by Gasteiger charge is 1.75. The van der Waals surface area contributed by atoms with Gasteiger partial charge in [0.1, 0.15) is 0 Å². The summed E-state index contributed by atoms with van der Waals surface area (Å²) in [5, 5.41) is 2.73. The molecule has 6 heavy (non-hydrogen) atoms. The van der Waals surface area contributed by atoms with Crippen LogP contribution in [0.25, 0.3) is 0 Å². The van der Waals surface area contributed by atoms with E-state index in [1.54, 1.807) is 0 Å². The lowest BCUT2D eigenvalue weighted by atomic mass is 10.2.